The summed E-state index contributed by atoms with van der Waals surface area (Å²) in [5, 5.41) is 23.6. The number of fused-ring (bicyclic) bond motifs is 1. The zero-order chi connectivity index (χ0) is 23.9. The molecule has 34 heavy (non-hydrogen) atoms. The monoisotopic (exact) mass is 527 g/mol. The van der Waals surface area contributed by atoms with Gasteiger partial charge in [-0.2, -0.15) is 11.8 Å². The van der Waals surface area contributed by atoms with Gasteiger partial charge < -0.3 is 26.2 Å². The van der Waals surface area contributed by atoms with E-state index < -0.39 is 18.0 Å². The van der Waals surface area contributed by atoms with Crippen molar-refractivity contribution in [3.8, 4) is 0 Å². The third-order valence-corrected chi connectivity index (χ3v) is 9.48. The Kier molecular flexibility index (Phi) is 9.03. The summed E-state index contributed by atoms with van der Waals surface area (Å²) in [6, 6.07) is 8.45. The van der Waals surface area contributed by atoms with E-state index in [2.05, 4.69) is 36.5 Å². The third-order valence-electron chi connectivity index (χ3n) is 6.96. The Morgan fingerprint density at radius 1 is 1.32 bits per heavy atom. The summed E-state index contributed by atoms with van der Waals surface area (Å²) >= 11 is 3.42. The number of carboxylic acids is 1. The molecule has 7 atom stereocenters. The van der Waals surface area contributed by atoms with Crippen molar-refractivity contribution in [1.82, 2.24) is 10.2 Å². The zero-order valence-corrected chi connectivity index (χ0v) is 22.1. The summed E-state index contributed by atoms with van der Waals surface area (Å²) in [6.45, 7) is 6.47. The molecule has 10 heteroatoms. The van der Waals surface area contributed by atoms with Gasteiger partial charge in [0.15, 0.2) is 0 Å². The fourth-order valence-corrected chi connectivity index (χ4v) is 7.38. The van der Waals surface area contributed by atoms with Gasteiger partial charge in [-0.1, -0.05) is 38.1 Å². The molecule has 3 heterocycles. The van der Waals surface area contributed by atoms with Crippen molar-refractivity contribution in [2.45, 2.75) is 56.7 Å². The number of carboxylic acid groups (broad SMARTS) is 1. The molecule has 4 rings (SSSR count). The number of carbonyl (C=O) groups is 2. The second-order valence-electron chi connectivity index (χ2n) is 9.14. The van der Waals surface area contributed by atoms with Crippen LogP contribution in [0.2, 0.25) is 0 Å². The largest absolute Gasteiger partial charge is 0.477 e. The maximum Gasteiger partial charge on any atom is 0.353 e. The number of nitrogens with one attached hydrogen (secondary N) is 1. The Morgan fingerprint density at radius 3 is 2.59 bits per heavy atom. The molecule has 0 bridgehead atoms. The van der Waals surface area contributed by atoms with E-state index >= 15 is 0 Å². The number of halogens is 1. The van der Waals surface area contributed by atoms with Crippen LogP contribution in [0.15, 0.2) is 34.9 Å². The standard InChI is InChI=1S/C24H33N3O4S2.ClH/c1-4-32-11-17(25)14-5-7-15(8-6-14)18-9-16(10-26-18)33-22-12(2)20-19(13(3)28)23(29)27(20)21(22)24(30)31;/h5-8,12-13,16-20,26,28H,4,9-11,25H2,1-3H3,(H,30,31);1H/t12-,13-,16+,17?,18-,19-,20-;/m1./s1. The van der Waals surface area contributed by atoms with Crippen LogP contribution in [0.5, 0.6) is 0 Å². The molecule has 188 valence electrons. The molecular formula is C24H34ClN3O4S2. The molecule has 5 N–H and O–H groups in total. The maximum absolute atomic E-state index is 12.5. The van der Waals surface area contributed by atoms with Crippen LogP contribution in [-0.4, -0.2) is 62.4 Å². The van der Waals surface area contributed by atoms with E-state index in [0.717, 1.165) is 34.9 Å². The molecule has 7 nitrogen and oxygen atoms in total. The van der Waals surface area contributed by atoms with Crippen molar-refractivity contribution < 1.29 is 19.8 Å². The van der Waals surface area contributed by atoms with E-state index in [1.807, 2.05) is 18.7 Å². The van der Waals surface area contributed by atoms with Gasteiger partial charge in [0.25, 0.3) is 0 Å². The predicted molar refractivity (Wildman–Crippen MR) is 140 cm³/mol. The molecule has 3 aliphatic rings. The minimum Gasteiger partial charge on any atom is -0.477 e. The highest BCUT2D eigenvalue weighted by Crippen LogP contribution is 2.52. The number of nitrogens with zero attached hydrogens (tertiary/aromatic N) is 1. The van der Waals surface area contributed by atoms with E-state index in [1.165, 1.54) is 10.5 Å². The third kappa shape index (κ3) is 5.01. The Labute approximate surface area is 215 Å². The van der Waals surface area contributed by atoms with Crippen molar-refractivity contribution in [2.24, 2.45) is 17.6 Å². The van der Waals surface area contributed by atoms with E-state index in [9.17, 15) is 19.8 Å². The molecule has 2 fully saturated rings. The average molecular weight is 528 g/mol. The van der Waals surface area contributed by atoms with E-state index in [-0.39, 0.29) is 53.3 Å². The lowest BCUT2D eigenvalue weighted by atomic mass is 9.79. The van der Waals surface area contributed by atoms with Gasteiger partial charge in [0.2, 0.25) is 5.91 Å². The number of hydrogen-bond donors (Lipinski definition) is 4. The molecule has 1 aromatic carbocycles. The van der Waals surface area contributed by atoms with Gasteiger partial charge in [0, 0.05) is 40.5 Å². The first-order valence-corrected chi connectivity index (χ1v) is 13.6. The summed E-state index contributed by atoms with van der Waals surface area (Å²) in [7, 11) is 0. The first kappa shape index (κ1) is 27.4. The normalized spacial score (nSPS) is 30.0. The number of benzene rings is 1. The number of aliphatic hydroxyl groups is 1. The fraction of sp³-hybridized carbons (Fsp3) is 0.583. The van der Waals surface area contributed by atoms with Crippen LogP contribution in [-0.2, 0) is 9.59 Å². The van der Waals surface area contributed by atoms with Crippen LogP contribution in [0.3, 0.4) is 0 Å². The van der Waals surface area contributed by atoms with Crippen molar-refractivity contribution in [1.29, 1.82) is 0 Å². The Hall–Kier alpha value is -1.23. The molecule has 1 amide bonds. The highest BCUT2D eigenvalue weighted by molar-refractivity contribution is 8.03. The lowest BCUT2D eigenvalue weighted by molar-refractivity contribution is -0.163. The molecule has 1 unspecified atom stereocenters. The number of amides is 1. The number of rotatable bonds is 9. The van der Waals surface area contributed by atoms with E-state index in [1.54, 1.807) is 18.7 Å². The number of β-lactam (4-membered cyclic amide) rings is 1. The maximum atomic E-state index is 12.5. The molecule has 0 spiro atoms. The molecule has 3 aliphatic heterocycles. The molecule has 0 aromatic heterocycles. The SMILES string of the molecule is CCSCC(N)c1ccc([C@H]2C[C@H](SC3=C(C(=O)O)N4C(=O)[C@H]([C@@H](C)O)[C@H]4[C@H]3C)CN2)cc1.Cl. The Morgan fingerprint density at radius 2 is 2.00 bits per heavy atom. The summed E-state index contributed by atoms with van der Waals surface area (Å²) in [5.41, 5.74) is 8.73. The molecule has 0 aliphatic carbocycles. The number of hydrogen-bond acceptors (Lipinski definition) is 7. The first-order chi connectivity index (χ1) is 15.7. The van der Waals surface area contributed by atoms with Gasteiger partial charge in [-0.3, -0.25) is 4.79 Å². The first-order valence-electron chi connectivity index (χ1n) is 11.6. The minimum absolute atomic E-state index is 0. The quantitative estimate of drug-likeness (QED) is 0.362. The lowest BCUT2D eigenvalue weighted by Crippen LogP contribution is -2.63. The average Bonchev–Trinajstić information content (AvgIpc) is 3.34. The van der Waals surface area contributed by atoms with Gasteiger partial charge in [-0.05, 0) is 30.2 Å². The summed E-state index contributed by atoms with van der Waals surface area (Å²) in [4.78, 5) is 26.7. The van der Waals surface area contributed by atoms with E-state index in [0.29, 0.717) is 0 Å². The second kappa shape index (κ2) is 11.2. The minimum atomic E-state index is -1.07. The van der Waals surface area contributed by atoms with E-state index in [4.69, 9.17) is 5.73 Å². The van der Waals surface area contributed by atoms with Gasteiger partial charge in [0.05, 0.1) is 18.1 Å². The topological polar surface area (TPSA) is 116 Å². The van der Waals surface area contributed by atoms with Gasteiger partial charge in [-0.25, -0.2) is 4.79 Å². The lowest BCUT2D eigenvalue weighted by Gasteiger charge is -2.46. The number of aliphatic carboxylic acids is 1. The van der Waals surface area contributed by atoms with Crippen molar-refractivity contribution in [2.75, 3.05) is 18.1 Å². The molecule has 1 aromatic rings. The predicted octanol–water partition coefficient (Wildman–Crippen LogP) is 3.15. The second-order valence-corrected chi connectivity index (χ2v) is 11.8. The van der Waals surface area contributed by atoms with Crippen LogP contribution in [0.1, 0.15) is 50.4 Å². The molecule has 0 radical (unpaired) electrons. The van der Waals surface area contributed by atoms with Crippen LogP contribution < -0.4 is 11.1 Å². The zero-order valence-electron chi connectivity index (χ0n) is 19.6. The van der Waals surface area contributed by atoms with Crippen LogP contribution in [0.4, 0.5) is 0 Å². The smallest absolute Gasteiger partial charge is 0.353 e. The molecule has 2 saturated heterocycles. The van der Waals surface area contributed by atoms with Crippen LogP contribution in [0, 0.1) is 11.8 Å². The molecular weight excluding hydrogens is 494 g/mol. The Balaban J connectivity index is 0.00000324. The Bertz CT molecular complexity index is 943. The molecule has 0 saturated carbocycles. The fourth-order valence-electron chi connectivity index (χ4n) is 5.22. The number of carbonyl (C=O) groups excluding carboxylic acids is 1. The van der Waals surface area contributed by atoms with Gasteiger partial charge >= 0.3 is 5.97 Å². The van der Waals surface area contributed by atoms with Crippen molar-refractivity contribution in [3.63, 3.8) is 0 Å². The number of nitrogens with two attached hydrogens (primary N) is 1. The summed E-state index contributed by atoms with van der Waals surface area (Å²) in [5.74, 6) is -0.0113. The van der Waals surface area contributed by atoms with Crippen LogP contribution >= 0.6 is 35.9 Å². The van der Waals surface area contributed by atoms with Crippen LogP contribution in [0.25, 0.3) is 0 Å². The van der Waals surface area contributed by atoms with Gasteiger partial charge in [0.1, 0.15) is 5.70 Å². The van der Waals surface area contributed by atoms with Gasteiger partial charge in [-0.15, -0.1) is 24.2 Å². The summed E-state index contributed by atoms with van der Waals surface area (Å²) < 4.78 is 0. The van der Waals surface area contributed by atoms with Crippen molar-refractivity contribution in [3.05, 3.63) is 46.0 Å². The summed E-state index contributed by atoms with van der Waals surface area (Å²) in [6.07, 6.45) is 0.0957. The van der Waals surface area contributed by atoms with Crippen molar-refractivity contribution >= 4 is 47.8 Å². The number of aliphatic hydroxyl groups excluding tert-OH is 1. The highest BCUT2D eigenvalue weighted by atomic mass is 35.5. The number of thioether (sulfide) groups is 2. The highest BCUT2D eigenvalue weighted by Gasteiger charge is 2.60.